The largest absolute Gasteiger partial charge is 0.438 e. The van der Waals surface area contributed by atoms with Gasteiger partial charge in [0, 0.05) is 18.5 Å². The number of carbonyl (C=O) groups is 3. The van der Waals surface area contributed by atoms with E-state index in [0.717, 1.165) is 23.1 Å². The first-order valence-electron chi connectivity index (χ1n) is 12.7. The normalized spacial score (nSPS) is 14.8. The maximum Gasteiger partial charge on any atom is 0.435 e. The van der Waals surface area contributed by atoms with E-state index in [2.05, 4.69) is 54.7 Å². The number of ether oxygens (including phenoxy) is 1. The molecular formula is C28H35N5O4. The Balaban J connectivity index is 1.43. The zero-order valence-electron chi connectivity index (χ0n) is 22.1. The monoisotopic (exact) mass is 505 g/mol. The van der Waals surface area contributed by atoms with Gasteiger partial charge in [-0.3, -0.25) is 4.79 Å². The van der Waals surface area contributed by atoms with Crippen molar-refractivity contribution in [1.29, 1.82) is 0 Å². The summed E-state index contributed by atoms with van der Waals surface area (Å²) >= 11 is 0. The van der Waals surface area contributed by atoms with Crippen LogP contribution in [0.5, 0.6) is 0 Å². The molecule has 0 saturated heterocycles. The number of likely N-dealkylation sites (N-methyl/N-ethyl adjacent to an activating group) is 1. The zero-order valence-corrected chi connectivity index (χ0v) is 22.1. The van der Waals surface area contributed by atoms with Crippen LogP contribution < -0.4 is 10.6 Å². The third kappa shape index (κ3) is 5.60. The third-order valence-electron chi connectivity index (χ3n) is 6.86. The second-order valence-corrected chi connectivity index (χ2v) is 10.3. The zero-order chi connectivity index (χ0) is 26.7. The lowest BCUT2D eigenvalue weighted by atomic mass is 9.85. The number of rotatable bonds is 6. The first kappa shape index (κ1) is 26.2. The van der Waals surface area contributed by atoms with Gasteiger partial charge < -0.3 is 20.3 Å². The molecule has 3 amide bonds. The van der Waals surface area contributed by atoms with Gasteiger partial charge in [0.2, 0.25) is 0 Å². The highest BCUT2D eigenvalue weighted by Gasteiger charge is 2.26. The number of aryl methyl sites for hydroxylation is 1. The number of hydrogen-bond acceptors (Lipinski definition) is 5. The smallest absolute Gasteiger partial charge is 0.435 e. The van der Waals surface area contributed by atoms with Crippen molar-refractivity contribution in [3.8, 4) is 0 Å². The fraction of sp³-hybridized carbons (Fsp3) is 0.429. The van der Waals surface area contributed by atoms with Gasteiger partial charge in [0.15, 0.2) is 6.61 Å². The van der Waals surface area contributed by atoms with E-state index >= 15 is 0 Å². The van der Waals surface area contributed by atoms with Crippen molar-refractivity contribution in [2.75, 3.05) is 25.0 Å². The highest BCUT2D eigenvalue weighted by atomic mass is 16.6. The lowest BCUT2D eigenvalue weighted by molar-refractivity contribution is -0.133. The van der Waals surface area contributed by atoms with Gasteiger partial charge >= 0.3 is 12.1 Å². The lowest BCUT2D eigenvalue weighted by Crippen LogP contribution is -2.34. The number of nitrogens with zero attached hydrogens (tertiary/aromatic N) is 3. The van der Waals surface area contributed by atoms with Crippen LogP contribution in [0.15, 0.2) is 42.6 Å². The minimum atomic E-state index is -0.755. The lowest BCUT2D eigenvalue weighted by Gasteiger charge is -2.21. The number of fused-ring (bicyclic) bond motifs is 2. The molecule has 2 aromatic carbocycles. The first-order chi connectivity index (χ1) is 17.6. The third-order valence-corrected chi connectivity index (χ3v) is 6.86. The fourth-order valence-corrected chi connectivity index (χ4v) is 4.71. The van der Waals surface area contributed by atoms with Gasteiger partial charge in [0.25, 0.3) is 5.91 Å². The number of benzene rings is 2. The molecule has 9 heteroatoms. The Hall–Kier alpha value is -3.88. The van der Waals surface area contributed by atoms with Crippen LogP contribution in [0.1, 0.15) is 63.8 Å². The van der Waals surface area contributed by atoms with Crippen molar-refractivity contribution in [1.82, 2.24) is 20.0 Å². The SMILES string of the molecule is CCN(CC)C(=O)COC(=O)n1ncc2c(NC(=O)N[C@@H]3CCc4cc(C(C)(C)C)ccc43)cccc21. The molecule has 1 aliphatic carbocycles. The van der Waals surface area contributed by atoms with Gasteiger partial charge in [0.1, 0.15) is 0 Å². The quantitative estimate of drug-likeness (QED) is 0.491. The topological polar surface area (TPSA) is 106 Å². The summed E-state index contributed by atoms with van der Waals surface area (Å²) in [5.74, 6) is -0.267. The van der Waals surface area contributed by atoms with Crippen molar-refractivity contribution in [3.05, 3.63) is 59.3 Å². The Morgan fingerprint density at radius 1 is 1.14 bits per heavy atom. The molecule has 1 heterocycles. The predicted octanol–water partition coefficient (Wildman–Crippen LogP) is 5.00. The molecule has 0 aliphatic heterocycles. The number of anilines is 1. The number of aromatic nitrogens is 2. The van der Waals surface area contributed by atoms with Gasteiger partial charge in [-0.15, -0.1) is 0 Å². The van der Waals surface area contributed by atoms with Crippen molar-refractivity contribution >= 4 is 34.6 Å². The summed E-state index contributed by atoms with van der Waals surface area (Å²) in [5, 5.41) is 10.7. The van der Waals surface area contributed by atoms with Gasteiger partial charge in [0.05, 0.1) is 23.4 Å². The van der Waals surface area contributed by atoms with Crippen LogP contribution in [0.4, 0.5) is 15.3 Å². The second kappa shape index (κ2) is 10.6. The van der Waals surface area contributed by atoms with E-state index in [1.165, 1.54) is 17.3 Å². The molecule has 0 unspecified atom stereocenters. The summed E-state index contributed by atoms with van der Waals surface area (Å²) in [4.78, 5) is 39.2. The fourth-order valence-electron chi connectivity index (χ4n) is 4.71. The molecule has 0 fully saturated rings. The van der Waals surface area contributed by atoms with Crippen LogP contribution >= 0.6 is 0 Å². The van der Waals surface area contributed by atoms with Crippen molar-refractivity contribution in [3.63, 3.8) is 0 Å². The van der Waals surface area contributed by atoms with Crippen LogP contribution in [0.25, 0.3) is 10.9 Å². The number of carbonyl (C=O) groups excluding carboxylic acids is 3. The standard InChI is InChI=1S/C28H35N5O4/c1-6-32(7-2)25(34)17-37-27(36)33-24-10-8-9-22(21(24)16-29-33)30-26(35)31-23-14-11-18-15-19(28(3,4)5)12-13-20(18)23/h8-10,12-13,15-16,23H,6-7,11,14,17H2,1-5H3,(H2,30,31,35)/t23-/m1/s1. The Kier molecular flexibility index (Phi) is 7.52. The summed E-state index contributed by atoms with van der Waals surface area (Å²) < 4.78 is 6.27. The Morgan fingerprint density at radius 2 is 1.89 bits per heavy atom. The first-order valence-corrected chi connectivity index (χ1v) is 12.7. The van der Waals surface area contributed by atoms with Crippen LogP contribution in [0.3, 0.4) is 0 Å². The van der Waals surface area contributed by atoms with Gasteiger partial charge in [-0.05, 0) is 60.9 Å². The molecule has 0 saturated carbocycles. The molecular weight excluding hydrogens is 470 g/mol. The Labute approximate surface area is 217 Å². The van der Waals surface area contributed by atoms with Crippen molar-refractivity contribution in [2.45, 2.75) is 58.9 Å². The summed E-state index contributed by atoms with van der Waals surface area (Å²) in [5.41, 5.74) is 4.79. The van der Waals surface area contributed by atoms with Gasteiger partial charge in [-0.2, -0.15) is 9.78 Å². The molecule has 0 bridgehead atoms. The number of urea groups is 1. The number of nitrogens with one attached hydrogen (secondary N) is 2. The van der Waals surface area contributed by atoms with E-state index in [-0.39, 0.29) is 30.0 Å². The van der Waals surface area contributed by atoms with E-state index < -0.39 is 6.09 Å². The summed E-state index contributed by atoms with van der Waals surface area (Å²) in [6.07, 6.45) is 2.51. The Morgan fingerprint density at radius 3 is 2.59 bits per heavy atom. The average Bonchev–Trinajstić information content (AvgIpc) is 3.47. The second-order valence-electron chi connectivity index (χ2n) is 10.3. The average molecular weight is 506 g/mol. The molecule has 0 radical (unpaired) electrons. The molecule has 3 aromatic rings. The van der Waals surface area contributed by atoms with Crippen LogP contribution in [0.2, 0.25) is 0 Å². The minimum absolute atomic E-state index is 0.0655. The van der Waals surface area contributed by atoms with E-state index in [1.54, 1.807) is 23.1 Å². The predicted molar refractivity (Wildman–Crippen MR) is 143 cm³/mol. The Bertz CT molecular complexity index is 1320. The summed E-state index contributed by atoms with van der Waals surface area (Å²) in [6.45, 7) is 11.0. The van der Waals surface area contributed by atoms with E-state index in [0.29, 0.717) is 29.7 Å². The van der Waals surface area contributed by atoms with Crippen LogP contribution in [-0.2, 0) is 21.4 Å². The molecule has 196 valence electrons. The maximum atomic E-state index is 12.9. The molecule has 1 atom stereocenters. The molecule has 9 nitrogen and oxygen atoms in total. The van der Waals surface area contributed by atoms with Gasteiger partial charge in [-0.25, -0.2) is 9.59 Å². The minimum Gasteiger partial charge on any atom is -0.438 e. The highest BCUT2D eigenvalue weighted by molar-refractivity contribution is 6.02. The van der Waals surface area contributed by atoms with Crippen molar-refractivity contribution in [2.24, 2.45) is 0 Å². The summed E-state index contributed by atoms with van der Waals surface area (Å²) in [6, 6.07) is 11.3. The van der Waals surface area contributed by atoms with E-state index in [1.807, 2.05) is 13.8 Å². The highest BCUT2D eigenvalue weighted by Crippen LogP contribution is 2.34. The molecule has 4 rings (SSSR count). The number of amides is 3. The molecule has 1 aliphatic rings. The molecule has 1 aromatic heterocycles. The molecule has 2 N–H and O–H groups in total. The van der Waals surface area contributed by atoms with Crippen LogP contribution in [0, 0.1) is 0 Å². The van der Waals surface area contributed by atoms with Crippen molar-refractivity contribution < 1.29 is 19.1 Å². The van der Waals surface area contributed by atoms with Gasteiger partial charge in [-0.1, -0.05) is 45.0 Å². The summed E-state index contributed by atoms with van der Waals surface area (Å²) in [7, 11) is 0. The van der Waals surface area contributed by atoms with E-state index in [9.17, 15) is 14.4 Å². The maximum absolute atomic E-state index is 12.9. The van der Waals surface area contributed by atoms with Crippen LogP contribution in [-0.4, -0.2) is 52.4 Å². The number of hydrogen-bond donors (Lipinski definition) is 2. The molecule has 37 heavy (non-hydrogen) atoms. The van der Waals surface area contributed by atoms with E-state index in [4.69, 9.17) is 4.74 Å². The molecule has 0 spiro atoms.